The second-order valence-electron chi connectivity index (χ2n) is 8.02. The number of carboxylic acids is 1. The summed E-state index contributed by atoms with van der Waals surface area (Å²) in [5.74, 6) is 0.124. The number of rotatable bonds is 6. The maximum Gasteiger partial charge on any atom is 0.303 e. The average Bonchev–Trinajstić information content (AvgIpc) is 2.69. The first-order chi connectivity index (χ1) is 12.7. The number of carbonyl (C=O) groups excluding carboxylic acids is 1. The van der Waals surface area contributed by atoms with Crippen molar-refractivity contribution in [1.82, 2.24) is 20.9 Å². The number of piperazine rings is 1. The lowest BCUT2D eigenvalue weighted by Gasteiger charge is -2.44. The Morgan fingerprint density at radius 3 is 2.14 bits per heavy atom. The Labute approximate surface area is 180 Å². The Balaban J connectivity index is 0.00000196. The van der Waals surface area contributed by atoms with Gasteiger partial charge in [-0.25, -0.2) is 0 Å². The molecule has 3 saturated heterocycles. The van der Waals surface area contributed by atoms with Crippen LogP contribution in [0.2, 0.25) is 0 Å². The van der Waals surface area contributed by atoms with Crippen LogP contribution in [0.5, 0.6) is 0 Å². The van der Waals surface area contributed by atoms with E-state index in [4.69, 9.17) is 5.11 Å². The second kappa shape index (κ2) is 12.9. The fraction of sp³-hybridized carbons (Fsp3) is 0.895. The first-order valence-electron chi connectivity index (χ1n) is 10.3. The molecule has 2 atom stereocenters. The number of carboxylic acid groups (broad SMARTS) is 1. The minimum absolute atomic E-state index is 0. The van der Waals surface area contributed by atoms with Gasteiger partial charge in [-0.15, -0.1) is 24.8 Å². The monoisotopic (exact) mass is 438 g/mol. The van der Waals surface area contributed by atoms with Crippen molar-refractivity contribution in [3.05, 3.63) is 0 Å². The van der Waals surface area contributed by atoms with Crippen LogP contribution >= 0.6 is 24.8 Å². The van der Waals surface area contributed by atoms with Crippen molar-refractivity contribution < 1.29 is 14.7 Å². The van der Waals surface area contributed by atoms with E-state index in [2.05, 4.69) is 20.9 Å². The lowest BCUT2D eigenvalue weighted by atomic mass is 9.80. The van der Waals surface area contributed by atoms with Gasteiger partial charge in [-0.1, -0.05) is 0 Å². The van der Waals surface area contributed by atoms with Crippen LogP contribution in [0.25, 0.3) is 0 Å². The molecule has 0 aliphatic carbocycles. The number of hydrogen-bond donors (Lipinski definition) is 4. The number of aliphatic carboxylic acids is 1. The van der Waals surface area contributed by atoms with Crippen molar-refractivity contribution in [3.63, 3.8) is 0 Å². The molecule has 2 unspecified atom stereocenters. The molecule has 3 aliphatic rings. The smallest absolute Gasteiger partial charge is 0.303 e. The molecule has 3 fully saturated rings. The van der Waals surface area contributed by atoms with Crippen LogP contribution in [0, 0.1) is 17.8 Å². The second-order valence-corrected chi connectivity index (χ2v) is 8.02. The van der Waals surface area contributed by atoms with E-state index in [1.807, 2.05) is 0 Å². The number of hydrogen-bond acceptors (Lipinski definition) is 5. The van der Waals surface area contributed by atoms with E-state index in [0.717, 1.165) is 71.5 Å². The standard InChI is InChI=1S/C19H34N4O3.2ClH/c24-18(25)2-1-16(14-3-7-20-8-4-14)19(26)23-12-11-22-13-17(23)15-5-9-21-10-6-15;;/h14-17,20-22H,1-13H2,(H,24,25);2*1H. The van der Waals surface area contributed by atoms with Crippen molar-refractivity contribution in [1.29, 1.82) is 0 Å². The Hall–Kier alpha value is -0.600. The third-order valence-corrected chi connectivity index (χ3v) is 6.43. The topological polar surface area (TPSA) is 93.7 Å². The highest BCUT2D eigenvalue weighted by atomic mass is 35.5. The van der Waals surface area contributed by atoms with Crippen LogP contribution < -0.4 is 16.0 Å². The van der Waals surface area contributed by atoms with E-state index in [1.165, 1.54) is 0 Å². The number of carbonyl (C=O) groups is 2. The molecule has 4 N–H and O–H groups in total. The van der Waals surface area contributed by atoms with Crippen molar-refractivity contribution in [2.45, 2.75) is 44.6 Å². The summed E-state index contributed by atoms with van der Waals surface area (Å²) in [6.45, 7) is 6.38. The van der Waals surface area contributed by atoms with Crippen LogP contribution in [-0.4, -0.2) is 73.7 Å². The van der Waals surface area contributed by atoms with Gasteiger partial charge in [0.25, 0.3) is 0 Å². The maximum atomic E-state index is 13.5. The predicted molar refractivity (Wildman–Crippen MR) is 114 cm³/mol. The molecular formula is C19H36Cl2N4O3. The molecule has 9 heteroatoms. The summed E-state index contributed by atoms with van der Waals surface area (Å²) in [6.07, 6.45) is 4.74. The quantitative estimate of drug-likeness (QED) is 0.496. The van der Waals surface area contributed by atoms with Gasteiger partial charge in [-0.3, -0.25) is 9.59 Å². The molecule has 0 spiro atoms. The van der Waals surface area contributed by atoms with E-state index in [0.29, 0.717) is 18.3 Å². The van der Waals surface area contributed by atoms with Gasteiger partial charge in [0.15, 0.2) is 0 Å². The van der Waals surface area contributed by atoms with Crippen molar-refractivity contribution in [2.24, 2.45) is 17.8 Å². The SMILES string of the molecule is Cl.Cl.O=C(O)CCC(C(=O)N1CCNCC1C1CCNCC1)C1CCNCC1. The van der Waals surface area contributed by atoms with Gasteiger partial charge in [0.1, 0.15) is 0 Å². The molecule has 0 aromatic rings. The summed E-state index contributed by atoms with van der Waals surface area (Å²) in [5.41, 5.74) is 0. The van der Waals surface area contributed by atoms with Gasteiger partial charge in [-0.05, 0) is 70.1 Å². The van der Waals surface area contributed by atoms with E-state index in [1.54, 1.807) is 0 Å². The largest absolute Gasteiger partial charge is 0.481 e. The third-order valence-electron chi connectivity index (χ3n) is 6.43. The van der Waals surface area contributed by atoms with Crippen LogP contribution in [0.4, 0.5) is 0 Å². The first-order valence-corrected chi connectivity index (χ1v) is 10.3. The van der Waals surface area contributed by atoms with Crippen LogP contribution in [0.3, 0.4) is 0 Å². The van der Waals surface area contributed by atoms with E-state index in [-0.39, 0.29) is 49.1 Å². The summed E-state index contributed by atoms with van der Waals surface area (Å²) in [7, 11) is 0. The number of nitrogens with one attached hydrogen (secondary N) is 3. The lowest BCUT2D eigenvalue weighted by Crippen LogP contribution is -2.59. The Kier molecular flexibility index (Phi) is 11.7. The van der Waals surface area contributed by atoms with Crippen LogP contribution in [-0.2, 0) is 9.59 Å². The highest BCUT2D eigenvalue weighted by molar-refractivity contribution is 5.85. The molecule has 0 aromatic heterocycles. The minimum Gasteiger partial charge on any atom is -0.481 e. The van der Waals surface area contributed by atoms with Gasteiger partial charge in [0.2, 0.25) is 5.91 Å². The first kappa shape index (κ1) is 25.4. The van der Waals surface area contributed by atoms with Crippen molar-refractivity contribution in [2.75, 3.05) is 45.8 Å². The molecule has 7 nitrogen and oxygen atoms in total. The Morgan fingerprint density at radius 2 is 1.54 bits per heavy atom. The molecule has 164 valence electrons. The van der Waals surface area contributed by atoms with Crippen molar-refractivity contribution in [3.8, 4) is 0 Å². The fourth-order valence-electron chi connectivity index (χ4n) is 4.95. The van der Waals surface area contributed by atoms with Gasteiger partial charge >= 0.3 is 5.97 Å². The normalized spacial score (nSPS) is 25.3. The zero-order valence-corrected chi connectivity index (χ0v) is 18.2. The van der Waals surface area contributed by atoms with Crippen molar-refractivity contribution >= 4 is 36.7 Å². The molecule has 0 radical (unpaired) electrons. The number of nitrogens with zero attached hydrogens (tertiary/aromatic N) is 1. The highest BCUT2D eigenvalue weighted by Gasteiger charge is 2.39. The number of amides is 1. The molecule has 28 heavy (non-hydrogen) atoms. The molecule has 1 amide bonds. The summed E-state index contributed by atoms with van der Waals surface area (Å²) in [6, 6.07) is 0.257. The molecule has 3 rings (SSSR count). The summed E-state index contributed by atoms with van der Waals surface area (Å²) in [5, 5.41) is 19.4. The summed E-state index contributed by atoms with van der Waals surface area (Å²) >= 11 is 0. The van der Waals surface area contributed by atoms with Gasteiger partial charge in [-0.2, -0.15) is 0 Å². The maximum absolute atomic E-state index is 13.5. The molecule has 0 bridgehead atoms. The van der Waals surface area contributed by atoms with Gasteiger partial charge in [0, 0.05) is 38.0 Å². The molecule has 3 aliphatic heterocycles. The van der Waals surface area contributed by atoms with Crippen LogP contribution in [0.1, 0.15) is 38.5 Å². The molecular weight excluding hydrogens is 403 g/mol. The molecule has 0 saturated carbocycles. The minimum atomic E-state index is -0.799. The summed E-state index contributed by atoms with van der Waals surface area (Å²) in [4.78, 5) is 26.8. The van der Waals surface area contributed by atoms with E-state index in [9.17, 15) is 9.59 Å². The number of halogens is 2. The zero-order chi connectivity index (χ0) is 18.4. The van der Waals surface area contributed by atoms with Gasteiger partial charge < -0.3 is 26.0 Å². The average molecular weight is 439 g/mol. The summed E-state index contributed by atoms with van der Waals surface area (Å²) < 4.78 is 0. The zero-order valence-electron chi connectivity index (χ0n) is 16.5. The molecule has 3 heterocycles. The predicted octanol–water partition coefficient (Wildman–Crippen LogP) is 1.11. The third kappa shape index (κ3) is 6.73. The fourth-order valence-corrected chi connectivity index (χ4v) is 4.95. The van der Waals surface area contributed by atoms with Gasteiger partial charge in [0.05, 0.1) is 0 Å². The van der Waals surface area contributed by atoms with Crippen LogP contribution in [0.15, 0.2) is 0 Å². The lowest BCUT2D eigenvalue weighted by molar-refractivity contribution is -0.144. The Morgan fingerprint density at radius 1 is 0.929 bits per heavy atom. The van der Waals surface area contributed by atoms with E-state index >= 15 is 0 Å². The number of piperidine rings is 2. The molecule has 0 aromatic carbocycles. The van der Waals surface area contributed by atoms with E-state index < -0.39 is 5.97 Å². The highest BCUT2D eigenvalue weighted by Crippen LogP contribution is 2.31. The Bertz CT molecular complexity index is 486.